The number of hydrogen-bond donors (Lipinski definition) is 0. The molecule has 1 aliphatic carbocycles. The summed E-state index contributed by atoms with van der Waals surface area (Å²) in [4.78, 5) is 0. The van der Waals surface area contributed by atoms with Crippen LogP contribution in [0.5, 0.6) is 0 Å². The van der Waals surface area contributed by atoms with Gasteiger partial charge in [0.1, 0.15) is 0 Å². The number of fused-ring (bicyclic) bond motifs is 3. The van der Waals surface area contributed by atoms with E-state index in [9.17, 15) is 0 Å². The van der Waals surface area contributed by atoms with Gasteiger partial charge in [-0.1, -0.05) is 71.0 Å². The van der Waals surface area contributed by atoms with Gasteiger partial charge in [-0.2, -0.15) is 0 Å². The highest BCUT2D eigenvalue weighted by Crippen LogP contribution is 2.50. The zero-order valence-electron chi connectivity index (χ0n) is 13.5. The van der Waals surface area contributed by atoms with Crippen LogP contribution in [0.3, 0.4) is 0 Å². The van der Waals surface area contributed by atoms with E-state index in [0.29, 0.717) is 0 Å². The van der Waals surface area contributed by atoms with E-state index in [1.165, 1.54) is 33.4 Å². The van der Waals surface area contributed by atoms with Crippen LogP contribution in [0.4, 0.5) is 0 Å². The molecule has 0 bridgehead atoms. The lowest BCUT2D eigenvalue weighted by Crippen LogP contribution is -2.17. The predicted molar refractivity (Wildman–Crippen MR) is 87.4 cm³/mol. The van der Waals surface area contributed by atoms with E-state index in [1.807, 2.05) is 0 Å². The second kappa shape index (κ2) is 3.97. The van der Waals surface area contributed by atoms with Crippen molar-refractivity contribution < 1.29 is 0 Å². The Hall–Kier alpha value is -1.56. The van der Waals surface area contributed by atoms with E-state index < -0.39 is 0 Å². The van der Waals surface area contributed by atoms with E-state index in [4.69, 9.17) is 0 Å². The molecule has 0 nitrogen and oxygen atoms in total. The monoisotopic (exact) mass is 264 g/mol. The second-order valence-electron chi connectivity index (χ2n) is 7.63. The molecular formula is C20H24. The molecule has 3 rings (SSSR count). The van der Waals surface area contributed by atoms with Gasteiger partial charge in [0.15, 0.2) is 0 Å². The molecule has 104 valence electrons. The van der Waals surface area contributed by atoms with Crippen LogP contribution in [0.2, 0.25) is 0 Å². The van der Waals surface area contributed by atoms with E-state index in [0.717, 1.165) is 0 Å². The molecule has 0 saturated heterocycles. The fraction of sp³-hybridized carbons (Fsp3) is 0.400. The van der Waals surface area contributed by atoms with Crippen LogP contribution >= 0.6 is 0 Å². The van der Waals surface area contributed by atoms with Crippen molar-refractivity contribution >= 4 is 0 Å². The lowest BCUT2D eigenvalue weighted by molar-refractivity contribution is 0.584. The van der Waals surface area contributed by atoms with Crippen molar-refractivity contribution in [2.75, 3.05) is 0 Å². The van der Waals surface area contributed by atoms with Crippen LogP contribution in [0.1, 0.15) is 56.9 Å². The standard InChI is InChI=1S/C20H24/c1-13-8-7-9-16-18(13)15-11-10-14(19(2,3)4)12-17(15)20(16,5)6/h7-12H,1-6H3. The third-order valence-electron chi connectivity index (χ3n) is 4.77. The fourth-order valence-electron chi connectivity index (χ4n) is 3.44. The SMILES string of the molecule is Cc1cccc2c1-c1ccc(C(C)(C)C)cc1C2(C)C. The van der Waals surface area contributed by atoms with Gasteiger partial charge in [-0.05, 0) is 45.7 Å². The molecule has 0 saturated carbocycles. The third kappa shape index (κ3) is 1.74. The molecule has 2 aromatic carbocycles. The largest absolute Gasteiger partial charge is 0.0617 e. The summed E-state index contributed by atoms with van der Waals surface area (Å²) in [6.45, 7) is 13.8. The highest BCUT2D eigenvalue weighted by atomic mass is 14.4. The summed E-state index contributed by atoms with van der Waals surface area (Å²) in [6.07, 6.45) is 0. The van der Waals surface area contributed by atoms with Crippen LogP contribution < -0.4 is 0 Å². The van der Waals surface area contributed by atoms with Gasteiger partial charge in [0.25, 0.3) is 0 Å². The topological polar surface area (TPSA) is 0 Å². The van der Waals surface area contributed by atoms with Crippen molar-refractivity contribution in [3.63, 3.8) is 0 Å². The first-order chi connectivity index (χ1) is 9.23. The number of benzene rings is 2. The number of hydrogen-bond acceptors (Lipinski definition) is 0. The third-order valence-corrected chi connectivity index (χ3v) is 4.77. The summed E-state index contributed by atoms with van der Waals surface area (Å²) in [5.74, 6) is 0. The smallest absolute Gasteiger partial charge is 0.0159 e. The molecule has 0 atom stereocenters. The normalized spacial score (nSPS) is 15.9. The number of rotatable bonds is 0. The average molecular weight is 264 g/mol. The lowest BCUT2D eigenvalue weighted by Gasteiger charge is -2.25. The Morgan fingerprint density at radius 1 is 0.900 bits per heavy atom. The highest BCUT2D eigenvalue weighted by molar-refractivity contribution is 5.83. The van der Waals surface area contributed by atoms with Crippen molar-refractivity contribution in [2.24, 2.45) is 0 Å². The first-order valence-corrected chi connectivity index (χ1v) is 7.48. The zero-order chi connectivity index (χ0) is 14.7. The summed E-state index contributed by atoms with van der Waals surface area (Å²) < 4.78 is 0. The Balaban J connectivity index is 2.31. The van der Waals surface area contributed by atoms with Crippen LogP contribution in [0.15, 0.2) is 36.4 Å². The molecule has 0 spiro atoms. The zero-order valence-corrected chi connectivity index (χ0v) is 13.5. The molecule has 0 heteroatoms. The van der Waals surface area contributed by atoms with Gasteiger partial charge in [-0.15, -0.1) is 0 Å². The van der Waals surface area contributed by atoms with Crippen LogP contribution in [0.25, 0.3) is 11.1 Å². The molecule has 0 heterocycles. The van der Waals surface area contributed by atoms with Gasteiger partial charge >= 0.3 is 0 Å². The minimum Gasteiger partial charge on any atom is -0.0617 e. The first-order valence-electron chi connectivity index (χ1n) is 7.48. The summed E-state index contributed by atoms with van der Waals surface area (Å²) in [7, 11) is 0. The molecule has 0 aliphatic heterocycles. The molecular weight excluding hydrogens is 240 g/mol. The Bertz CT molecular complexity index is 682. The summed E-state index contributed by atoms with van der Waals surface area (Å²) in [6, 6.07) is 13.8. The van der Waals surface area contributed by atoms with Crippen LogP contribution in [-0.2, 0) is 10.8 Å². The van der Waals surface area contributed by atoms with Crippen molar-refractivity contribution in [1.29, 1.82) is 0 Å². The molecule has 0 N–H and O–H groups in total. The minimum atomic E-state index is 0.109. The quantitative estimate of drug-likeness (QED) is 0.581. The molecule has 1 aliphatic rings. The molecule has 0 radical (unpaired) electrons. The Labute approximate surface area is 122 Å². The fourth-order valence-corrected chi connectivity index (χ4v) is 3.44. The van der Waals surface area contributed by atoms with E-state index in [2.05, 4.69) is 77.9 Å². The predicted octanol–water partition coefficient (Wildman–Crippen LogP) is 5.60. The second-order valence-corrected chi connectivity index (χ2v) is 7.63. The molecule has 2 aromatic rings. The maximum absolute atomic E-state index is 2.43. The van der Waals surface area contributed by atoms with E-state index in [-0.39, 0.29) is 10.8 Å². The van der Waals surface area contributed by atoms with E-state index >= 15 is 0 Å². The van der Waals surface area contributed by atoms with Crippen molar-refractivity contribution in [3.8, 4) is 11.1 Å². The minimum absolute atomic E-state index is 0.109. The molecule has 0 unspecified atom stereocenters. The first kappa shape index (κ1) is 13.4. The summed E-state index contributed by atoms with van der Waals surface area (Å²) in [5.41, 5.74) is 8.96. The summed E-state index contributed by atoms with van der Waals surface area (Å²) >= 11 is 0. The molecule has 20 heavy (non-hydrogen) atoms. The number of aryl methyl sites for hydroxylation is 1. The Morgan fingerprint density at radius 2 is 1.60 bits per heavy atom. The highest BCUT2D eigenvalue weighted by Gasteiger charge is 2.36. The van der Waals surface area contributed by atoms with Gasteiger partial charge in [0.05, 0.1) is 0 Å². The maximum atomic E-state index is 2.43. The average Bonchev–Trinajstić information content (AvgIpc) is 2.59. The van der Waals surface area contributed by atoms with Gasteiger partial charge < -0.3 is 0 Å². The van der Waals surface area contributed by atoms with Crippen LogP contribution in [0, 0.1) is 6.92 Å². The summed E-state index contributed by atoms with van der Waals surface area (Å²) in [5, 5.41) is 0. The maximum Gasteiger partial charge on any atom is 0.0159 e. The Kier molecular flexibility index (Phi) is 2.67. The van der Waals surface area contributed by atoms with Gasteiger partial charge in [0, 0.05) is 5.41 Å². The Morgan fingerprint density at radius 3 is 2.25 bits per heavy atom. The van der Waals surface area contributed by atoms with Crippen molar-refractivity contribution in [3.05, 3.63) is 58.7 Å². The van der Waals surface area contributed by atoms with Crippen LogP contribution in [-0.4, -0.2) is 0 Å². The van der Waals surface area contributed by atoms with Gasteiger partial charge in [-0.25, -0.2) is 0 Å². The lowest BCUT2D eigenvalue weighted by atomic mass is 9.79. The van der Waals surface area contributed by atoms with Crippen molar-refractivity contribution in [1.82, 2.24) is 0 Å². The van der Waals surface area contributed by atoms with E-state index in [1.54, 1.807) is 0 Å². The molecule has 0 amide bonds. The van der Waals surface area contributed by atoms with Gasteiger partial charge in [0.2, 0.25) is 0 Å². The van der Waals surface area contributed by atoms with Gasteiger partial charge in [-0.3, -0.25) is 0 Å². The molecule has 0 fully saturated rings. The van der Waals surface area contributed by atoms with Crippen molar-refractivity contribution in [2.45, 2.75) is 52.4 Å². The molecule has 0 aromatic heterocycles.